The molecular formula is C23H19N3O6S. The number of fused-ring (bicyclic) bond motifs is 2. The van der Waals surface area contributed by atoms with Crippen molar-refractivity contribution in [2.75, 3.05) is 26.2 Å². The van der Waals surface area contributed by atoms with E-state index < -0.39 is 11.9 Å². The van der Waals surface area contributed by atoms with Gasteiger partial charge in [-0.2, -0.15) is 0 Å². The van der Waals surface area contributed by atoms with Crippen LogP contribution in [-0.2, 0) is 0 Å². The average Bonchev–Trinajstić information content (AvgIpc) is 3.39. The van der Waals surface area contributed by atoms with E-state index in [1.165, 1.54) is 37.6 Å². The standard InChI is InChI=1S/C23H19N3O6S/c1-11-24-25-23(33-11)26-19(12-5-8-15(30-3)17(9-12)31-4)18-20(27)14-7-6-13(29-2)10-16(14)32-21(18)22(26)28/h5-10,19H,1-4H3. The highest BCUT2D eigenvalue weighted by atomic mass is 32.1. The van der Waals surface area contributed by atoms with Crippen LogP contribution >= 0.6 is 11.3 Å². The normalized spacial score (nSPS) is 15.1. The number of amides is 1. The Morgan fingerprint density at radius 1 is 0.970 bits per heavy atom. The molecule has 0 fully saturated rings. The molecule has 0 radical (unpaired) electrons. The molecule has 1 atom stereocenters. The lowest BCUT2D eigenvalue weighted by Gasteiger charge is -2.23. The molecule has 10 heteroatoms. The maximum Gasteiger partial charge on any atom is 0.297 e. The lowest BCUT2D eigenvalue weighted by atomic mass is 9.98. The van der Waals surface area contributed by atoms with Crippen LogP contribution in [0.25, 0.3) is 11.0 Å². The third-order valence-electron chi connectivity index (χ3n) is 5.52. The summed E-state index contributed by atoms with van der Waals surface area (Å²) in [5, 5.41) is 9.62. The lowest BCUT2D eigenvalue weighted by molar-refractivity contribution is 0.0970. The molecule has 168 valence electrons. The number of carbonyl (C=O) groups is 1. The molecule has 1 unspecified atom stereocenters. The lowest BCUT2D eigenvalue weighted by Crippen LogP contribution is -2.29. The van der Waals surface area contributed by atoms with Crippen LogP contribution in [0.4, 0.5) is 5.13 Å². The Morgan fingerprint density at radius 2 is 1.76 bits per heavy atom. The molecule has 0 saturated carbocycles. The van der Waals surface area contributed by atoms with Gasteiger partial charge in [0.2, 0.25) is 10.9 Å². The Kier molecular flexibility index (Phi) is 5.01. The molecule has 0 N–H and O–H groups in total. The van der Waals surface area contributed by atoms with E-state index in [9.17, 15) is 9.59 Å². The van der Waals surface area contributed by atoms with E-state index in [-0.39, 0.29) is 22.3 Å². The van der Waals surface area contributed by atoms with Gasteiger partial charge in [0.25, 0.3) is 5.91 Å². The van der Waals surface area contributed by atoms with Crippen molar-refractivity contribution in [1.29, 1.82) is 0 Å². The van der Waals surface area contributed by atoms with Crippen LogP contribution in [0.5, 0.6) is 17.2 Å². The Labute approximate surface area is 192 Å². The molecule has 0 saturated heterocycles. The summed E-state index contributed by atoms with van der Waals surface area (Å²) in [6, 6.07) is 9.38. The van der Waals surface area contributed by atoms with Crippen molar-refractivity contribution in [3.63, 3.8) is 0 Å². The van der Waals surface area contributed by atoms with Crippen molar-refractivity contribution in [2.45, 2.75) is 13.0 Å². The minimum atomic E-state index is -0.776. The van der Waals surface area contributed by atoms with Crippen LogP contribution in [0.2, 0.25) is 0 Å². The number of nitrogens with zero attached hydrogens (tertiary/aromatic N) is 3. The number of rotatable bonds is 5. The summed E-state index contributed by atoms with van der Waals surface area (Å²) in [5.41, 5.74) is 0.851. The van der Waals surface area contributed by atoms with Crippen LogP contribution in [0.3, 0.4) is 0 Å². The highest BCUT2D eigenvalue weighted by Crippen LogP contribution is 2.44. The molecule has 2 aromatic carbocycles. The molecule has 1 amide bonds. The second kappa shape index (κ2) is 7.89. The Bertz CT molecular complexity index is 1460. The fourth-order valence-electron chi connectivity index (χ4n) is 4.00. The first-order valence-electron chi connectivity index (χ1n) is 9.97. The Hall–Kier alpha value is -3.92. The van der Waals surface area contributed by atoms with Crippen LogP contribution < -0.4 is 24.5 Å². The number of anilines is 1. The van der Waals surface area contributed by atoms with Crippen LogP contribution in [0.15, 0.2) is 45.6 Å². The minimum Gasteiger partial charge on any atom is -0.497 e. The fraction of sp³-hybridized carbons (Fsp3) is 0.217. The van der Waals surface area contributed by atoms with E-state index in [2.05, 4.69) is 10.2 Å². The fourth-order valence-corrected chi connectivity index (χ4v) is 4.71. The Balaban J connectivity index is 1.79. The number of aromatic nitrogens is 2. The van der Waals surface area contributed by atoms with Gasteiger partial charge in [-0.3, -0.25) is 14.5 Å². The van der Waals surface area contributed by atoms with Gasteiger partial charge in [-0.05, 0) is 36.8 Å². The van der Waals surface area contributed by atoms with Gasteiger partial charge < -0.3 is 18.6 Å². The first-order valence-corrected chi connectivity index (χ1v) is 10.8. The largest absolute Gasteiger partial charge is 0.497 e. The van der Waals surface area contributed by atoms with Gasteiger partial charge in [0, 0.05) is 6.07 Å². The van der Waals surface area contributed by atoms with Gasteiger partial charge in [0.15, 0.2) is 16.9 Å². The summed E-state index contributed by atoms with van der Waals surface area (Å²) in [4.78, 5) is 28.6. The van der Waals surface area contributed by atoms with E-state index in [0.29, 0.717) is 38.3 Å². The van der Waals surface area contributed by atoms with Gasteiger partial charge in [0.05, 0.1) is 38.3 Å². The van der Waals surface area contributed by atoms with Gasteiger partial charge in [-0.25, -0.2) is 0 Å². The number of hydrogen-bond donors (Lipinski definition) is 0. The van der Waals surface area contributed by atoms with Gasteiger partial charge in [-0.1, -0.05) is 17.4 Å². The van der Waals surface area contributed by atoms with Crippen LogP contribution in [0.1, 0.15) is 32.7 Å². The molecule has 5 rings (SSSR count). The van der Waals surface area contributed by atoms with Crippen molar-refractivity contribution in [1.82, 2.24) is 10.2 Å². The minimum absolute atomic E-state index is 0.0339. The monoisotopic (exact) mass is 465 g/mol. The number of benzene rings is 2. The van der Waals surface area contributed by atoms with Crippen molar-refractivity contribution in [2.24, 2.45) is 0 Å². The molecule has 9 nitrogen and oxygen atoms in total. The van der Waals surface area contributed by atoms with Crippen LogP contribution in [-0.4, -0.2) is 37.4 Å². The predicted octanol–water partition coefficient (Wildman–Crippen LogP) is 3.73. The third-order valence-corrected chi connectivity index (χ3v) is 6.36. The van der Waals surface area contributed by atoms with E-state index >= 15 is 0 Å². The number of hydrogen-bond acceptors (Lipinski definition) is 9. The zero-order chi connectivity index (χ0) is 23.3. The average molecular weight is 465 g/mol. The molecule has 1 aliphatic rings. The highest BCUT2D eigenvalue weighted by molar-refractivity contribution is 7.15. The van der Waals surface area contributed by atoms with E-state index in [0.717, 1.165) is 0 Å². The maximum absolute atomic E-state index is 13.6. The summed E-state index contributed by atoms with van der Waals surface area (Å²) in [5.74, 6) is 1.01. The molecule has 0 spiro atoms. The van der Waals surface area contributed by atoms with Crippen LogP contribution in [0, 0.1) is 6.92 Å². The molecular weight excluding hydrogens is 446 g/mol. The molecule has 0 bridgehead atoms. The quantitative estimate of drug-likeness (QED) is 0.439. The van der Waals surface area contributed by atoms with Gasteiger partial charge in [0.1, 0.15) is 16.3 Å². The van der Waals surface area contributed by atoms with E-state index in [1.807, 2.05) is 0 Å². The van der Waals surface area contributed by atoms with Gasteiger partial charge in [-0.15, -0.1) is 10.2 Å². The van der Waals surface area contributed by atoms with Gasteiger partial charge >= 0.3 is 0 Å². The van der Waals surface area contributed by atoms with Crippen molar-refractivity contribution in [3.8, 4) is 17.2 Å². The molecule has 3 heterocycles. The SMILES string of the molecule is COc1ccc2c(=O)c3c(oc2c1)C(=O)N(c1nnc(C)s1)C3c1ccc(OC)c(OC)c1. The summed E-state index contributed by atoms with van der Waals surface area (Å²) in [7, 11) is 4.58. The summed E-state index contributed by atoms with van der Waals surface area (Å²) in [6.45, 7) is 1.80. The third kappa shape index (κ3) is 3.21. The summed E-state index contributed by atoms with van der Waals surface area (Å²) < 4.78 is 22.0. The molecule has 0 aliphatic carbocycles. The number of ether oxygens (including phenoxy) is 3. The van der Waals surface area contributed by atoms with Crippen molar-refractivity contribution >= 4 is 33.3 Å². The zero-order valence-electron chi connectivity index (χ0n) is 18.2. The zero-order valence-corrected chi connectivity index (χ0v) is 19.1. The number of aryl methyl sites for hydroxylation is 1. The number of carbonyl (C=O) groups excluding carboxylic acids is 1. The van der Waals surface area contributed by atoms with E-state index in [1.54, 1.807) is 43.3 Å². The predicted molar refractivity (Wildman–Crippen MR) is 122 cm³/mol. The maximum atomic E-state index is 13.6. The molecule has 2 aromatic heterocycles. The number of methoxy groups -OCH3 is 3. The summed E-state index contributed by atoms with van der Waals surface area (Å²) in [6.07, 6.45) is 0. The first kappa shape index (κ1) is 21.0. The smallest absolute Gasteiger partial charge is 0.297 e. The topological polar surface area (TPSA) is 104 Å². The van der Waals surface area contributed by atoms with Crippen molar-refractivity contribution in [3.05, 3.63) is 68.5 Å². The molecule has 33 heavy (non-hydrogen) atoms. The highest BCUT2D eigenvalue weighted by Gasteiger charge is 2.45. The second-order valence-corrected chi connectivity index (χ2v) is 8.49. The first-order chi connectivity index (χ1) is 16.0. The second-order valence-electron chi connectivity index (χ2n) is 7.33. The Morgan fingerprint density at radius 3 is 2.42 bits per heavy atom. The summed E-state index contributed by atoms with van der Waals surface area (Å²) >= 11 is 1.25. The molecule has 4 aromatic rings. The van der Waals surface area contributed by atoms with E-state index in [4.69, 9.17) is 18.6 Å². The van der Waals surface area contributed by atoms with Crippen molar-refractivity contribution < 1.29 is 23.4 Å². The molecule has 1 aliphatic heterocycles.